The van der Waals surface area contributed by atoms with Crippen LogP contribution in [0.1, 0.15) is 65.5 Å². The van der Waals surface area contributed by atoms with E-state index in [1.54, 1.807) is 20.7 Å². The number of fused-ring (bicyclic) bond motifs is 2. The smallest absolute Gasteiger partial charge is 0.243 e. The highest BCUT2D eigenvalue weighted by molar-refractivity contribution is 7.89. The van der Waals surface area contributed by atoms with Gasteiger partial charge in [-0.05, 0) is 110 Å². The minimum atomic E-state index is -3.45. The summed E-state index contributed by atoms with van der Waals surface area (Å²) in [6, 6.07) is 30.8. The molecular formula is C39H46N4O4S2. The summed E-state index contributed by atoms with van der Waals surface area (Å²) in [5, 5.41) is 0. The predicted octanol–water partition coefficient (Wildman–Crippen LogP) is 6.36. The zero-order valence-electron chi connectivity index (χ0n) is 28.1. The van der Waals surface area contributed by atoms with E-state index in [-0.39, 0.29) is 0 Å². The van der Waals surface area contributed by atoms with Crippen molar-refractivity contribution in [1.29, 1.82) is 0 Å². The van der Waals surface area contributed by atoms with Crippen LogP contribution in [0.15, 0.2) is 107 Å². The number of hydrogen-bond acceptors (Lipinski definition) is 6. The van der Waals surface area contributed by atoms with Gasteiger partial charge in [-0.15, -0.1) is 0 Å². The predicted molar refractivity (Wildman–Crippen MR) is 192 cm³/mol. The second-order valence-corrected chi connectivity index (χ2v) is 17.6. The molecule has 0 unspecified atom stereocenters. The lowest BCUT2D eigenvalue weighted by atomic mass is 10.1. The number of hydrogen-bond donors (Lipinski definition) is 0. The third-order valence-electron chi connectivity index (χ3n) is 10.2. The van der Waals surface area contributed by atoms with E-state index in [1.807, 2.05) is 84.9 Å². The van der Waals surface area contributed by atoms with Gasteiger partial charge in [0.2, 0.25) is 20.0 Å². The molecule has 0 N–H and O–H groups in total. The van der Waals surface area contributed by atoms with Crippen LogP contribution in [-0.2, 0) is 59.3 Å². The maximum Gasteiger partial charge on any atom is 0.243 e. The molecule has 0 bridgehead atoms. The number of nitrogens with zero attached hydrogens (tertiary/aromatic N) is 4. The molecule has 0 aromatic heterocycles. The topological polar surface area (TPSA) is 81.2 Å². The van der Waals surface area contributed by atoms with Crippen molar-refractivity contribution in [3.63, 3.8) is 0 Å². The SMILES string of the molecule is O=S(=O)(c1cccc(CN2CCCC2)c1)N1Cc2ccccc2C1.O=S(=O)(c1cccc(CN2CCCCC2)c1)N1Cc2ccccc2C1. The van der Waals surface area contributed by atoms with Gasteiger partial charge in [0.15, 0.2) is 0 Å². The molecule has 0 radical (unpaired) electrons. The summed E-state index contributed by atoms with van der Waals surface area (Å²) in [6.45, 7) is 7.98. The molecule has 0 amide bonds. The molecule has 4 heterocycles. The Labute approximate surface area is 292 Å². The second kappa shape index (κ2) is 14.8. The first-order valence-electron chi connectivity index (χ1n) is 17.5. The third-order valence-corrected chi connectivity index (χ3v) is 13.7. The number of piperidine rings is 1. The molecule has 10 heteroatoms. The number of benzene rings is 4. The molecule has 4 aromatic rings. The molecule has 8 rings (SSSR count). The molecule has 49 heavy (non-hydrogen) atoms. The van der Waals surface area contributed by atoms with Gasteiger partial charge < -0.3 is 0 Å². The molecule has 8 nitrogen and oxygen atoms in total. The van der Waals surface area contributed by atoms with Crippen LogP contribution in [0.4, 0.5) is 0 Å². The van der Waals surface area contributed by atoms with Crippen LogP contribution in [0.5, 0.6) is 0 Å². The fraction of sp³-hybridized carbons (Fsp3) is 0.385. The zero-order valence-corrected chi connectivity index (χ0v) is 29.7. The Morgan fingerprint density at radius 1 is 0.429 bits per heavy atom. The average Bonchev–Trinajstić information content (AvgIpc) is 3.90. The van der Waals surface area contributed by atoms with Gasteiger partial charge in [-0.25, -0.2) is 16.8 Å². The van der Waals surface area contributed by atoms with Gasteiger partial charge in [0, 0.05) is 39.3 Å². The summed E-state index contributed by atoms with van der Waals surface area (Å²) >= 11 is 0. The number of rotatable bonds is 8. The molecule has 4 aromatic carbocycles. The molecule has 2 saturated heterocycles. The largest absolute Gasteiger partial charge is 0.299 e. The lowest BCUT2D eigenvalue weighted by molar-refractivity contribution is 0.221. The normalized spacial score (nSPS) is 18.9. The lowest BCUT2D eigenvalue weighted by Crippen LogP contribution is -2.29. The van der Waals surface area contributed by atoms with E-state index < -0.39 is 20.0 Å². The Bertz CT molecular complexity index is 1940. The maximum atomic E-state index is 13.1. The van der Waals surface area contributed by atoms with Crippen LogP contribution in [0.3, 0.4) is 0 Å². The molecule has 258 valence electrons. The van der Waals surface area contributed by atoms with E-state index in [4.69, 9.17) is 0 Å². The molecular weight excluding hydrogens is 653 g/mol. The molecule has 0 spiro atoms. The highest BCUT2D eigenvalue weighted by atomic mass is 32.2. The number of likely N-dealkylation sites (tertiary alicyclic amines) is 2. The zero-order chi connectivity index (χ0) is 33.8. The van der Waals surface area contributed by atoms with Crippen molar-refractivity contribution in [2.75, 3.05) is 26.2 Å². The molecule has 0 saturated carbocycles. The quantitative estimate of drug-likeness (QED) is 0.213. The van der Waals surface area contributed by atoms with Crippen LogP contribution in [0.25, 0.3) is 0 Å². The fourth-order valence-corrected chi connectivity index (χ4v) is 10.4. The molecule has 4 aliphatic heterocycles. The van der Waals surface area contributed by atoms with Gasteiger partial charge in [0.1, 0.15) is 0 Å². The molecule has 4 aliphatic rings. The van der Waals surface area contributed by atoms with Crippen molar-refractivity contribution in [2.24, 2.45) is 0 Å². The Kier molecular flexibility index (Phi) is 10.3. The highest BCUT2D eigenvalue weighted by Crippen LogP contribution is 2.30. The van der Waals surface area contributed by atoms with Crippen LogP contribution in [0, 0.1) is 0 Å². The summed E-state index contributed by atoms with van der Waals surface area (Å²) in [4.78, 5) is 5.63. The standard InChI is InChI=1S/C20H24N2O2S.C19H22N2O2S/c23-25(24,22-15-18-8-2-3-9-19(18)16-22)20-10-6-7-17(13-20)14-21-11-4-1-5-12-21;22-24(23,21-14-17-7-1-2-8-18(17)15-21)19-9-5-6-16(12-19)13-20-10-3-4-11-20/h2-3,6-10,13H,1,4-5,11-12,14-16H2;1-2,5-9,12H,3-4,10-11,13-15H2. The highest BCUT2D eigenvalue weighted by Gasteiger charge is 2.32. The molecule has 0 atom stereocenters. The van der Waals surface area contributed by atoms with E-state index in [1.165, 1.54) is 32.1 Å². The molecule has 2 fully saturated rings. The minimum absolute atomic E-state index is 0.409. The van der Waals surface area contributed by atoms with E-state index in [9.17, 15) is 16.8 Å². The Morgan fingerprint density at radius 2 is 0.776 bits per heavy atom. The first-order valence-corrected chi connectivity index (χ1v) is 20.4. The molecule has 0 aliphatic carbocycles. The summed E-state index contributed by atoms with van der Waals surface area (Å²) in [5.74, 6) is 0. The van der Waals surface area contributed by atoms with E-state index in [0.29, 0.717) is 36.0 Å². The van der Waals surface area contributed by atoms with Crippen molar-refractivity contribution in [1.82, 2.24) is 18.4 Å². The van der Waals surface area contributed by atoms with Gasteiger partial charge in [-0.2, -0.15) is 8.61 Å². The van der Waals surface area contributed by atoms with Crippen molar-refractivity contribution in [2.45, 2.75) is 81.2 Å². The summed E-state index contributed by atoms with van der Waals surface area (Å²) in [6.07, 6.45) is 6.27. The first kappa shape index (κ1) is 34.1. The van der Waals surface area contributed by atoms with Crippen molar-refractivity contribution in [3.05, 3.63) is 130 Å². The Balaban J connectivity index is 0.000000154. The first-order chi connectivity index (χ1) is 23.8. The van der Waals surface area contributed by atoms with Gasteiger partial charge in [-0.1, -0.05) is 79.2 Å². The van der Waals surface area contributed by atoms with Crippen LogP contribution < -0.4 is 0 Å². The minimum Gasteiger partial charge on any atom is -0.299 e. The van der Waals surface area contributed by atoms with Crippen LogP contribution in [0.2, 0.25) is 0 Å². The Morgan fingerprint density at radius 3 is 1.14 bits per heavy atom. The second-order valence-electron chi connectivity index (χ2n) is 13.7. The van der Waals surface area contributed by atoms with E-state index in [0.717, 1.165) is 72.6 Å². The Hall–Kier alpha value is -3.38. The van der Waals surface area contributed by atoms with Gasteiger partial charge in [0.05, 0.1) is 9.79 Å². The maximum absolute atomic E-state index is 13.1. The van der Waals surface area contributed by atoms with Crippen molar-refractivity contribution in [3.8, 4) is 0 Å². The van der Waals surface area contributed by atoms with Gasteiger partial charge >= 0.3 is 0 Å². The van der Waals surface area contributed by atoms with Crippen molar-refractivity contribution >= 4 is 20.0 Å². The fourth-order valence-electron chi connectivity index (χ4n) is 7.43. The third kappa shape index (κ3) is 7.85. The van der Waals surface area contributed by atoms with Gasteiger partial charge in [0.25, 0.3) is 0 Å². The lowest BCUT2D eigenvalue weighted by Gasteiger charge is -2.26. The van der Waals surface area contributed by atoms with E-state index in [2.05, 4.69) is 9.80 Å². The van der Waals surface area contributed by atoms with Crippen molar-refractivity contribution < 1.29 is 16.8 Å². The summed E-state index contributed by atoms with van der Waals surface area (Å²) in [5.41, 5.74) is 6.59. The monoisotopic (exact) mass is 698 g/mol. The summed E-state index contributed by atoms with van der Waals surface area (Å²) in [7, 11) is -6.90. The average molecular weight is 699 g/mol. The van der Waals surface area contributed by atoms with Crippen LogP contribution in [-0.4, -0.2) is 61.4 Å². The van der Waals surface area contributed by atoms with Gasteiger partial charge in [-0.3, -0.25) is 9.80 Å². The van der Waals surface area contributed by atoms with E-state index >= 15 is 0 Å². The van der Waals surface area contributed by atoms with Crippen LogP contribution >= 0.6 is 0 Å². The summed E-state index contributed by atoms with van der Waals surface area (Å²) < 4.78 is 55.3. The number of sulfonamides is 2.